The van der Waals surface area contributed by atoms with Gasteiger partial charge in [0.2, 0.25) is 0 Å². The molecule has 30 heavy (non-hydrogen) atoms. The first-order chi connectivity index (χ1) is 14.6. The standard InChI is InChI=1S/C23H24N6O/c1-28(2)16-6-3-5-15(13-16)19-10-9-18-17-7-4-8-20(17)29(22(18)26-19)23(30)27-21-14-24-11-12-25-21/h3,5-6,9-14,17,20H,4,7-8H2,1-2H3,(H,25,27,30). The van der Waals surface area contributed by atoms with Gasteiger partial charge in [-0.1, -0.05) is 24.6 Å². The van der Waals surface area contributed by atoms with Crippen LogP contribution in [0, 0.1) is 0 Å². The molecule has 152 valence electrons. The van der Waals surface area contributed by atoms with Crippen molar-refractivity contribution < 1.29 is 4.79 Å². The quantitative estimate of drug-likeness (QED) is 0.710. The molecule has 0 bridgehead atoms. The third-order valence-electron chi connectivity index (χ3n) is 6.02. The number of fused-ring (bicyclic) bond motifs is 3. The highest BCUT2D eigenvalue weighted by Crippen LogP contribution is 2.49. The van der Waals surface area contributed by atoms with Gasteiger partial charge >= 0.3 is 6.03 Å². The van der Waals surface area contributed by atoms with E-state index in [1.165, 1.54) is 5.56 Å². The van der Waals surface area contributed by atoms with Gasteiger partial charge in [0.1, 0.15) is 5.82 Å². The summed E-state index contributed by atoms with van der Waals surface area (Å²) >= 11 is 0. The van der Waals surface area contributed by atoms with Crippen LogP contribution in [0.3, 0.4) is 0 Å². The first kappa shape index (κ1) is 18.5. The van der Waals surface area contributed by atoms with E-state index in [0.717, 1.165) is 42.0 Å². The van der Waals surface area contributed by atoms with Crippen LogP contribution >= 0.6 is 0 Å². The normalized spacial score (nSPS) is 19.3. The van der Waals surface area contributed by atoms with Crippen LogP contribution in [0.5, 0.6) is 0 Å². The second kappa shape index (κ2) is 7.40. The van der Waals surface area contributed by atoms with E-state index >= 15 is 0 Å². The predicted molar refractivity (Wildman–Crippen MR) is 118 cm³/mol. The number of nitrogens with one attached hydrogen (secondary N) is 1. The van der Waals surface area contributed by atoms with Crippen LogP contribution in [0.4, 0.5) is 22.1 Å². The van der Waals surface area contributed by atoms with Crippen LogP contribution in [0.2, 0.25) is 0 Å². The van der Waals surface area contributed by atoms with E-state index in [-0.39, 0.29) is 12.1 Å². The third-order valence-corrected chi connectivity index (χ3v) is 6.02. The fourth-order valence-electron chi connectivity index (χ4n) is 4.60. The van der Waals surface area contributed by atoms with Gasteiger partial charge in [-0.05, 0) is 31.0 Å². The van der Waals surface area contributed by atoms with Crippen LogP contribution in [0.15, 0.2) is 55.0 Å². The first-order valence-corrected chi connectivity index (χ1v) is 10.3. The van der Waals surface area contributed by atoms with Crippen molar-refractivity contribution in [1.82, 2.24) is 15.0 Å². The molecule has 1 N–H and O–H groups in total. The molecule has 2 amide bonds. The Labute approximate surface area is 175 Å². The van der Waals surface area contributed by atoms with Gasteiger partial charge in [-0.15, -0.1) is 0 Å². The molecule has 5 rings (SSSR count). The summed E-state index contributed by atoms with van der Waals surface area (Å²) in [6.07, 6.45) is 7.90. The molecular formula is C23H24N6O. The number of carbonyl (C=O) groups is 1. The number of hydrogen-bond acceptors (Lipinski definition) is 5. The Balaban J connectivity index is 1.52. The van der Waals surface area contributed by atoms with Gasteiger partial charge in [0, 0.05) is 55.3 Å². The van der Waals surface area contributed by atoms with Gasteiger partial charge in [0.25, 0.3) is 0 Å². The number of urea groups is 1. The molecule has 1 aromatic carbocycles. The summed E-state index contributed by atoms with van der Waals surface area (Å²) in [4.78, 5) is 30.3. The Morgan fingerprint density at radius 2 is 2.07 bits per heavy atom. The molecule has 0 radical (unpaired) electrons. The van der Waals surface area contributed by atoms with E-state index in [2.05, 4.69) is 50.5 Å². The topological polar surface area (TPSA) is 74.2 Å². The number of amides is 2. The minimum absolute atomic E-state index is 0.146. The SMILES string of the molecule is CN(C)c1cccc(-c2ccc3c(n2)N(C(=O)Nc2cnccn2)C2CCCC32)c1. The zero-order valence-electron chi connectivity index (χ0n) is 17.1. The lowest BCUT2D eigenvalue weighted by Crippen LogP contribution is -2.40. The van der Waals surface area contributed by atoms with E-state index < -0.39 is 0 Å². The average molecular weight is 400 g/mol. The summed E-state index contributed by atoms with van der Waals surface area (Å²) in [5, 5.41) is 2.89. The molecule has 1 fully saturated rings. The number of carbonyl (C=O) groups excluding carboxylic acids is 1. The van der Waals surface area contributed by atoms with Gasteiger partial charge in [-0.3, -0.25) is 15.2 Å². The molecule has 1 aliphatic carbocycles. The third kappa shape index (κ3) is 3.16. The van der Waals surface area contributed by atoms with Crippen LogP contribution in [0.25, 0.3) is 11.3 Å². The molecule has 7 nitrogen and oxygen atoms in total. The van der Waals surface area contributed by atoms with Crippen molar-refractivity contribution in [3.8, 4) is 11.3 Å². The maximum Gasteiger partial charge on any atom is 0.329 e. The van der Waals surface area contributed by atoms with Crippen LogP contribution < -0.4 is 15.1 Å². The summed E-state index contributed by atoms with van der Waals surface area (Å²) < 4.78 is 0. The molecule has 2 unspecified atom stereocenters. The number of anilines is 3. The van der Waals surface area contributed by atoms with Gasteiger partial charge in [0.05, 0.1) is 11.9 Å². The number of aromatic nitrogens is 3. The molecule has 2 atom stereocenters. The van der Waals surface area contributed by atoms with Gasteiger partial charge in [0.15, 0.2) is 5.82 Å². The molecule has 3 heterocycles. The fraction of sp³-hybridized carbons (Fsp3) is 0.304. The maximum absolute atomic E-state index is 13.2. The minimum atomic E-state index is -0.196. The average Bonchev–Trinajstić information content (AvgIpc) is 3.34. The molecule has 0 saturated heterocycles. The van der Waals surface area contributed by atoms with Crippen molar-refractivity contribution in [2.75, 3.05) is 29.2 Å². The minimum Gasteiger partial charge on any atom is -0.378 e. The maximum atomic E-state index is 13.2. The van der Waals surface area contributed by atoms with Crippen molar-refractivity contribution in [2.24, 2.45) is 0 Å². The van der Waals surface area contributed by atoms with Crippen molar-refractivity contribution in [3.05, 3.63) is 60.6 Å². The Morgan fingerprint density at radius 3 is 2.87 bits per heavy atom. The van der Waals surface area contributed by atoms with Gasteiger partial charge in [-0.2, -0.15) is 0 Å². The van der Waals surface area contributed by atoms with E-state index in [0.29, 0.717) is 11.7 Å². The van der Waals surface area contributed by atoms with Crippen LogP contribution in [-0.2, 0) is 0 Å². The Morgan fingerprint density at radius 1 is 1.17 bits per heavy atom. The summed E-state index contributed by atoms with van der Waals surface area (Å²) in [5.74, 6) is 1.56. The van der Waals surface area contributed by atoms with Crippen molar-refractivity contribution in [3.63, 3.8) is 0 Å². The zero-order chi connectivity index (χ0) is 20.7. The lowest BCUT2D eigenvalue weighted by Gasteiger charge is -2.24. The Bertz CT molecular complexity index is 1080. The molecule has 3 aromatic rings. The van der Waals surface area contributed by atoms with Gasteiger partial charge in [-0.25, -0.2) is 14.8 Å². The van der Waals surface area contributed by atoms with E-state index in [1.54, 1.807) is 18.6 Å². The summed E-state index contributed by atoms with van der Waals surface area (Å²) in [6.45, 7) is 0. The Kier molecular flexibility index (Phi) is 4.58. The second-order valence-electron chi connectivity index (χ2n) is 8.05. The molecule has 1 aliphatic heterocycles. The molecular weight excluding hydrogens is 376 g/mol. The van der Waals surface area contributed by atoms with Crippen LogP contribution in [-0.4, -0.2) is 41.1 Å². The summed E-state index contributed by atoms with van der Waals surface area (Å²) in [7, 11) is 4.05. The Hall–Kier alpha value is -3.48. The molecule has 2 aliphatic rings. The highest BCUT2D eigenvalue weighted by molar-refractivity contribution is 6.03. The molecule has 1 saturated carbocycles. The highest BCUT2D eigenvalue weighted by Gasteiger charge is 2.45. The fourth-order valence-corrected chi connectivity index (χ4v) is 4.60. The number of nitrogens with zero attached hydrogens (tertiary/aromatic N) is 5. The molecule has 0 spiro atoms. The highest BCUT2D eigenvalue weighted by atomic mass is 16.2. The lowest BCUT2D eigenvalue weighted by atomic mass is 9.98. The van der Waals surface area contributed by atoms with E-state index in [4.69, 9.17) is 4.98 Å². The monoisotopic (exact) mass is 400 g/mol. The number of rotatable bonds is 3. The summed E-state index contributed by atoms with van der Waals surface area (Å²) in [6, 6.07) is 12.5. The van der Waals surface area contributed by atoms with Crippen molar-refractivity contribution >= 4 is 23.4 Å². The zero-order valence-corrected chi connectivity index (χ0v) is 17.1. The van der Waals surface area contributed by atoms with Crippen molar-refractivity contribution in [2.45, 2.75) is 31.2 Å². The smallest absolute Gasteiger partial charge is 0.329 e. The van der Waals surface area contributed by atoms with Crippen molar-refractivity contribution in [1.29, 1.82) is 0 Å². The predicted octanol–water partition coefficient (Wildman–Crippen LogP) is 4.29. The summed E-state index contributed by atoms with van der Waals surface area (Å²) in [5.41, 5.74) is 4.19. The first-order valence-electron chi connectivity index (χ1n) is 10.3. The second-order valence-corrected chi connectivity index (χ2v) is 8.05. The molecule has 2 aromatic heterocycles. The van der Waals surface area contributed by atoms with Gasteiger partial charge < -0.3 is 4.90 Å². The number of benzene rings is 1. The van der Waals surface area contributed by atoms with E-state index in [1.807, 2.05) is 25.1 Å². The lowest BCUT2D eigenvalue weighted by molar-refractivity contribution is 0.255. The number of hydrogen-bond donors (Lipinski definition) is 1. The van der Waals surface area contributed by atoms with Crippen LogP contribution in [0.1, 0.15) is 30.7 Å². The molecule has 7 heteroatoms. The largest absolute Gasteiger partial charge is 0.378 e. The number of pyridine rings is 1. The van der Waals surface area contributed by atoms with E-state index in [9.17, 15) is 4.79 Å².